The average Bonchev–Trinajstić information content (AvgIpc) is 2.93. The molecule has 0 radical (unpaired) electrons. The van der Waals surface area contributed by atoms with Gasteiger partial charge in [-0.3, -0.25) is 4.79 Å². The molecule has 3 rings (SSSR count). The molecule has 25 heavy (non-hydrogen) atoms. The summed E-state index contributed by atoms with van der Waals surface area (Å²) in [5.74, 6) is 1.64. The van der Waals surface area contributed by atoms with Gasteiger partial charge in [0.1, 0.15) is 29.2 Å². The number of ether oxygens (including phenoxy) is 2. The molecule has 6 nitrogen and oxygen atoms in total. The lowest BCUT2D eigenvalue weighted by Gasteiger charge is -2.10. The van der Waals surface area contributed by atoms with E-state index in [4.69, 9.17) is 14.7 Å². The fraction of sp³-hybridized carbons (Fsp3) is 0.316. The highest BCUT2D eigenvalue weighted by Gasteiger charge is 2.21. The highest BCUT2D eigenvalue weighted by Crippen LogP contribution is 2.36. The number of rotatable bonds is 4. The molecule has 0 saturated heterocycles. The second-order valence-electron chi connectivity index (χ2n) is 5.95. The van der Waals surface area contributed by atoms with E-state index in [1.54, 1.807) is 13.0 Å². The van der Waals surface area contributed by atoms with Gasteiger partial charge in [-0.25, -0.2) is 5.10 Å². The molecule has 0 unspecified atom stereocenters. The molecule has 1 N–H and O–H groups in total. The Morgan fingerprint density at radius 2 is 2.28 bits per heavy atom. The van der Waals surface area contributed by atoms with Crippen molar-refractivity contribution < 1.29 is 9.47 Å². The van der Waals surface area contributed by atoms with Crippen LogP contribution in [0.1, 0.15) is 41.8 Å². The predicted molar refractivity (Wildman–Crippen MR) is 94.6 cm³/mol. The van der Waals surface area contributed by atoms with Crippen molar-refractivity contribution in [3.63, 3.8) is 0 Å². The van der Waals surface area contributed by atoms with Crippen LogP contribution in [-0.2, 0) is 6.42 Å². The van der Waals surface area contributed by atoms with E-state index in [-0.39, 0.29) is 11.7 Å². The van der Waals surface area contributed by atoms with Crippen molar-refractivity contribution in [1.29, 1.82) is 5.26 Å². The zero-order valence-electron chi connectivity index (χ0n) is 14.4. The molecule has 0 amide bonds. The van der Waals surface area contributed by atoms with E-state index < -0.39 is 5.56 Å². The summed E-state index contributed by atoms with van der Waals surface area (Å²) in [5.41, 5.74) is 2.68. The molecule has 128 valence electrons. The molecule has 1 aliphatic rings. The van der Waals surface area contributed by atoms with Gasteiger partial charge in [-0.1, -0.05) is 0 Å². The predicted octanol–water partition coefficient (Wildman–Crippen LogP) is 2.84. The molecule has 0 aliphatic carbocycles. The van der Waals surface area contributed by atoms with Crippen molar-refractivity contribution >= 4 is 12.2 Å². The Morgan fingerprint density at radius 3 is 3.00 bits per heavy atom. The van der Waals surface area contributed by atoms with Crippen LogP contribution in [0.25, 0.3) is 12.2 Å². The van der Waals surface area contributed by atoms with Crippen LogP contribution in [0.15, 0.2) is 16.9 Å². The summed E-state index contributed by atoms with van der Waals surface area (Å²) in [6.45, 7) is 6.24. The number of hydrogen-bond acceptors (Lipinski definition) is 5. The monoisotopic (exact) mass is 337 g/mol. The molecule has 0 fully saturated rings. The van der Waals surface area contributed by atoms with Crippen molar-refractivity contribution in [1.82, 2.24) is 10.2 Å². The maximum atomic E-state index is 11.6. The van der Waals surface area contributed by atoms with Crippen LogP contribution >= 0.6 is 0 Å². The number of aromatic amines is 1. The molecule has 1 aliphatic heterocycles. The third-order valence-electron chi connectivity index (χ3n) is 4.13. The Morgan fingerprint density at radius 1 is 1.48 bits per heavy atom. The van der Waals surface area contributed by atoms with Crippen LogP contribution in [0.3, 0.4) is 0 Å². The van der Waals surface area contributed by atoms with Gasteiger partial charge in [0.2, 0.25) is 0 Å². The summed E-state index contributed by atoms with van der Waals surface area (Å²) < 4.78 is 11.6. The van der Waals surface area contributed by atoms with E-state index in [2.05, 4.69) is 10.2 Å². The topological polar surface area (TPSA) is 88.0 Å². The van der Waals surface area contributed by atoms with Crippen molar-refractivity contribution in [3.05, 3.63) is 50.4 Å². The van der Waals surface area contributed by atoms with Crippen molar-refractivity contribution in [2.24, 2.45) is 0 Å². The van der Waals surface area contributed by atoms with Gasteiger partial charge in [-0.2, -0.15) is 10.4 Å². The van der Waals surface area contributed by atoms with E-state index in [0.29, 0.717) is 17.9 Å². The Balaban J connectivity index is 2.01. The van der Waals surface area contributed by atoms with Crippen LogP contribution in [0.2, 0.25) is 0 Å². The van der Waals surface area contributed by atoms with E-state index in [1.807, 2.05) is 38.1 Å². The average molecular weight is 337 g/mol. The number of aromatic nitrogens is 2. The molecule has 0 spiro atoms. The second kappa shape index (κ2) is 6.81. The standard InChI is InChI=1S/C19H19N3O3/c1-4-24-17-9-14-7-11(2)25-18(14)8-13(17)5-6-16-12(3)15(10-20)19(23)22-21-16/h5-6,8-9,11H,4,7H2,1-3H3,(H,22,23)/b6-5+/t11-/m0/s1. The summed E-state index contributed by atoms with van der Waals surface area (Å²) in [6, 6.07) is 5.87. The molecule has 0 saturated carbocycles. The summed E-state index contributed by atoms with van der Waals surface area (Å²) >= 11 is 0. The fourth-order valence-corrected chi connectivity index (χ4v) is 2.88. The third kappa shape index (κ3) is 3.26. The van der Waals surface area contributed by atoms with Crippen LogP contribution in [0.4, 0.5) is 0 Å². The number of fused-ring (bicyclic) bond motifs is 1. The largest absolute Gasteiger partial charge is 0.493 e. The normalized spacial score (nSPS) is 15.7. The van der Waals surface area contributed by atoms with Crippen LogP contribution < -0.4 is 15.0 Å². The summed E-state index contributed by atoms with van der Waals surface area (Å²) in [4.78, 5) is 11.6. The third-order valence-corrected chi connectivity index (χ3v) is 4.13. The SMILES string of the molecule is CCOc1cc2c(cc1/C=C/c1n[nH]c(=O)c(C#N)c1C)O[C@@H](C)C2. The fourth-order valence-electron chi connectivity index (χ4n) is 2.88. The molecule has 2 heterocycles. The zero-order valence-corrected chi connectivity index (χ0v) is 14.4. The second-order valence-corrected chi connectivity index (χ2v) is 5.95. The lowest BCUT2D eigenvalue weighted by atomic mass is 10.0. The molecule has 0 bridgehead atoms. The highest BCUT2D eigenvalue weighted by molar-refractivity contribution is 5.74. The van der Waals surface area contributed by atoms with Gasteiger partial charge in [0, 0.05) is 17.5 Å². The molecule has 6 heteroatoms. The number of H-pyrrole nitrogens is 1. The lowest BCUT2D eigenvalue weighted by molar-refractivity contribution is 0.254. The molecule has 1 atom stereocenters. The van der Waals surface area contributed by atoms with Gasteiger partial charge in [0.05, 0.1) is 12.3 Å². The molecule has 1 aromatic heterocycles. The molecular weight excluding hydrogens is 318 g/mol. The summed E-state index contributed by atoms with van der Waals surface area (Å²) in [6.07, 6.45) is 4.64. The number of nitrogens with zero attached hydrogens (tertiary/aromatic N) is 2. The quantitative estimate of drug-likeness (QED) is 0.927. The number of nitrogens with one attached hydrogen (secondary N) is 1. The smallest absolute Gasteiger partial charge is 0.282 e. The van der Waals surface area contributed by atoms with Gasteiger partial charge in [0.25, 0.3) is 5.56 Å². The Hall–Kier alpha value is -3.07. The first-order valence-electron chi connectivity index (χ1n) is 8.17. The van der Waals surface area contributed by atoms with Gasteiger partial charge in [0.15, 0.2) is 0 Å². The first kappa shape index (κ1) is 16.8. The van der Waals surface area contributed by atoms with Crippen molar-refractivity contribution in [2.75, 3.05) is 6.61 Å². The number of hydrogen-bond donors (Lipinski definition) is 1. The molecule has 2 aromatic rings. The van der Waals surface area contributed by atoms with Gasteiger partial charge >= 0.3 is 0 Å². The Kier molecular flexibility index (Phi) is 4.57. The maximum Gasteiger partial charge on any atom is 0.282 e. The van der Waals surface area contributed by atoms with Crippen molar-refractivity contribution in [3.8, 4) is 17.6 Å². The van der Waals surface area contributed by atoms with E-state index in [9.17, 15) is 4.79 Å². The Bertz CT molecular complexity index is 938. The maximum absolute atomic E-state index is 11.6. The minimum Gasteiger partial charge on any atom is -0.493 e. The first-order chi connectivity index (χ1) is 12.0. The highest BCUT2D eigenvalue weighted by atomic mass is 16.5. The first-order valence-corrected chi connectivity index (χ1v) is 8.17. The summed E-state index contributed by atoms with van der Waals surface area (Å²) in [7, 11) is 0. The number of nitriles is 1. The van der Waals surface area contributed by atoms with Crippen LogP contribution in [0.5, 0.6) is 11.5 Å². The van der Waals surface area contributed by atoms with Gasteiger partial charge in [-0.15, -0.1) is 0 Å². The van der Waals surface area contributed by atoms with Crippen LogP contribution in [-0.4, -0.2) is 22.9 Å². The summed E-state index contributed by atoms with van der Waals surface area (Å²) in [5, 5.41) is 15.5. The van der Waals surface area contributed by atoms with Gasteiger partial charge < -0.3 is 9.47 Å². The minimum absolute atomic E-state index is 0.0748. The van der Waals surface area contributed by atoms with E-state index in [1.165, 1.54) is 0 Å². The van der Waals surface area contributed by atoms with Crippen molar-refractivity contribution in [2.45, 2.75) is 33.3 Å². The molecular formula is C19H19N3O3. The zero-order chi connectivity index (χ0) is 18.0. The van der Waals surface area contributed by atoms with E-state index in [0.717, 1.165) is 29.0 Å². The van der Waals surface area contributed by atoms with E-state index >= 15 is 0 Å². The van der Waals surface area contributed by atoms with Crippen LogP contribution in [0, 0.1) is 18.3 Å². The molecule has 1 aromatic carbocycles. The lowest BCUT2D eigenvalue weighted by Crippen LogP contribution is -2.15. The van der Waals surface area contributed by atoms with Gasteiger partial charge in [-0.05, 0) is 50.6 Å². The number of benzene rings is 1. The Labute approximate surface area is 145 Å². The minimum atomic E-state index is -0.480.